The molecule has 88 valence electrons. The molecule has 1 aromatic carbocycles. The molecule has 1 aliphatic rings. The highest BCUT2D eigenvalue weighted by atomic mass is 32.3. The number of fused-ring (bicyclic) bond motifs is 1. The molecule has 1 aliphatic heterocycles. The molecule has 0 N–H and O–H groups in total. The zero-order chi connectivity index (χ0) is 11.6. The van der Waals surface area contributed by atoms with E-state index < -0.39 is 16.0 Å². The summed E-state index contributed by atoms with van der Waals surface area (Å²) in [5.74, 6) is 0.467. The standard InChI is InChI=1S/C10H11FO4S/c11-16(12,13)7-6-14-9-3-1-2-8-4-5-15-10(8)9/h1-3H,4-7H2. The molecule has 0 bridgehead atoms. The second-order valence-corrected chi connectivity index (χ2v) is 4.92. The first-order chi connectivity index (χ1) is 7.56. The lowest BCUT2D eigenvalue weighted by Crippen LogP contribution is -2.09. The Morgan fingerprint density at radius 2 is 2.25 bits per heavy atom. The summed E-state index contributed by atoms with van der Waals surface area (Å²) in [6.45, 7) is 0.385. The Balaban J connectivity index is 2.03. The van der Waals surface area contributed by atoms with E-state index in [2.05, 4.69) is 0 Å². The summed E-state index contributed by atoms with van der Waals surface area (Å²) in [5.41, 5.74) is 1.03. The molecular formula is C10H11FO4S. The Bertz CT molecular complexity index is 484. The maximum absolute atomic E-state index is 12.2. The van der Waals surface area contributed by atoms with Gasteiger partial charge in [-0.15, -0.1) is 3.89 Å². The first kappa shape index (κ1) is 11.2. The van der Waals surface area contributed by atoms with Crippen molar-refractivity contribution in [3.63, 3.8) is 0 Å². The molecule has 0 atom stereocenters. The van der Waals surface area contributed by atoms with Gasteiger partial charge in [0.05, 0.1) is 6.61 Å². The number of hydrogen-bond donors (Lipinski definition) is 0. The van der Waals surface area contributed by atoms with Crippen LogP contribution < -0.4 is 9.47 Å². The van der Waals surface area contributed by atoms with Crippen molar-refractivity contribution in [2.45, 2.75) is 6.42 Å². The highest BCUT2D eigenvalue weighted by Gasteiger charge is 2.17. The van der Waals surface area contributed by atoms with Gasteiger partial charge in [-0.05, 0) is 6.07 Å². The molecule has 0 fully saturated rings. The highest BCUT2D eigenvalue weighted by molar-refractivity contribution is 7.86. The van der Waals surface area contributed by atoms with Crippen LogP contribution in [0.15, 0.2) is 18.2 Å². The molecule has 0 saturated heterocycles. The lowest BCUT2D eigenvalue weighted by molar-refractivity contribution is 0.298. The molecule has 0 amide bonds. The van der Waals surface area contributed by atoms with Gasteiger partial charge < -0.3 is 9.47 Å². The van der Waals surface area contributed by atoms with Crippen LogP contribution in [-0.4, -0.2) is 27.4 Å². The van der Waals surface area contributed by atoms with Crippen LogP contribution in [0, 0.1) is 0 Å². The van der Waals surface area contributed by atoms with Crippen LogP contribution >= 0.6 is 0 Å². The van der Waals surface area contributed by atoms with Gasteiger partial charge in [0.1, 0.15) is 12.4 Å². The smallest absolute Gasteiger partial charge is 0.305 e. The van der Waals surface area contributed by atoms with Crippen LogP contribution in [-0.2, 0) is 16.6 Å². The molecule has 0 saturated carbocycles. The van der Waals surface area contributed by atoms with Gasteiger partial charge >= 0.3 is 10.2 Å². The van der Waals surface area contributed by atoms with E-state index in [1.807, 2.05) is 6.07 Å². The summed E-state index contributed by atoms with van der Waals surface area (Å²) >= 11 is 0. The van der Waals surface area contributed by atoms with E-state index in [-0.39, 0.29) is 6.61 Å². The van der Waals surface area contributed by atoms with Crippen LogP contribution in [0.4, 0.5) is 3.89 Å². The molecule has 0 spiro atoms. The maximum atomic E-state index is 12.2. The van der Waals surface area contributed by atoms with Crippen molar-refractivity contribution in [3.05, 3.63) is 23.8 Å². The molecule has 0 aliphatic carbocycles. The van der Waals surface area contributed by atoms with Gasteiger partial charge in [0.2, 0.25) is 0 Å². The monoisotopic (exact) mass is 246 g/mol. The van der Waals surface area contributed by atoms with E-state index in [1.165, 1.54) is 0 Å². The molecule has 1 heterocycles. The fraction of sp³-hybridized carbons (Fsp3) is 0.400. The Morgan fingerprint density at radius 3 is 3.00 bits per heavy atom. The highest BCUT2D eigenvalue weighted by Crippen LogP contribution is 2.35. The number of rotatable bonds is 4. The molecule has 2 rings (SSSR count). The van der Waals surface area contributed by atoms with Crippen molar-refractivity contribution in [3.8, 4) is 11.5 Å². The zero-order valence-corrected chi connectivity index (χ0v) is 9.30. The zero-order valence-electron chi connectivity index (χ0n) is 8.48. The van der Waals surface area contributed by atoms with Crippen molar-refractivity contribution >= 4 is 10.2 Å². The van der Waals surface area contributed by atoms with Gasteiger partial charge in [-0.1, -0.05) is 12.1 Å². The first-order valence-electron chi connectivity index (χ1n) is 4.86. The predicted octanol–water partition coefficient (Wildman–Crippen LogP) is 1.30. The molecular weight excluding hydrogens is 235 g/mol. The van der Waals surface area contributed by atoms with E-state index in [1.54, 1.807) is 12.1 Å². The lowest BCUT2D eigenvalue weighted by atomic mass is 10.1. The van der Waals surface area contributed by atoms with Crippen LogP contribution in [0.5, 0.6) is 11.5 Å². The molecule has 4 nitrogen and oxygen atoms in total. The Kier molecular flexibility index (Phi) is 3.00. The second kappa shape index (κ2) is 4.29. The average Bonchev–Trinajstić information content (AvgIpc) is 2.64. The minimum absolute atomic E-state index is 0.210. The maximum Gasteiger partial charge on any atom is 0.305 e. The Labute approximate surface area is 93.2 Å². The minimum Gasteiger partial charge on any atom is -0.489 e. The second-order valence-electron chi connectivity index (χ2n) is 3.43. The average molecular weight is 246 g/mol. The third-order valence-electron chi connectivity index (χ3n) is 2.26. The molecule has 6 heteroatoms. The van der Waals surface area contributed by atoms with Crippen molar-refractivity contribution in [2.24, 2.45) is 0 Å². The van der Waals surface area contributed by atoms with E-state index in [0.29, 0.717) is 18.1 Å². The summed E-state index contributed by atoms with van der Waals surface area (Å²) in [4.78, 5) is 0. The van der Waals surface area contributed by atoms with Crippen LogP contribution in [0.3, 0.4) is 0 Å². The quantitative estimate of drug-likeness (QED) is 0.751. The SMILES string of the molecule is O=S(=O)(F)CCOc1cccc2c1OCC2. The number of benzene rings is 1. The van der Waals surface area contributed by atoms with E-state index in [0.717, 1.165) is 12.0 Å². The summed E-state index contributed by atoms with van der Waals surface area (Å²) in [6.07, 6.45) is 0.813. The molecule has 16 heavy (non-hydrogen) atoms. The summed E-state index contributed by atoms with van der Waals surface area (Å²) in [6, 6.07) is 5.39. The Hall–Kier alpha value is -1.30. The van der Waals surface area contributed by atoms with Crippen LogP contribution in [0.1, 0.15) is 5.56 Å². The molecule has 0 unspecified atom stereocenters. The van der Waals surface area contributed by atoms with Crippen molar-refractivity contribution in [1.82, 2.24) is 0 Å². The normalized spacial score (nSPS) is 14.3. The third kappa shape index (κ3) is 2.63. The first-order valence-corrected chi connectivity index (χ1v) is 6.41. The fourth-order valence-corrected chi connectivity index (χ4v) is 1.83. The van der Waals surface area contributed by atoms with Crippen LogP contribution in [0.25, 0.3) is 0 Å². The van der Waals surface area contributed by atoms with Gasteiger partial charge in [0.25, 0.3) is 0 Å². The van der Waals surface area contributed by atoms with E-state index >= 15 is 0 Å². The number of halogens is 1. The van der Waals surface area contributed by atoms with Crippen molar-refractivity contribution in [1.29, 1.82) is 0 Å². The van der Waals surface area contributed by atoms with Gasteiger partial charge in [0.15, 0.2) is 11.5 Å². The number of ether oxygens (including phenoxy) is 2. The van der Waals surface area contributed by atoms with Crippen molar-refractivity contribution in [2.75, 3.05) is 19.0 Å². The summed E-state index contributed by atoms with van der Waals surface area (Å²) in [5, 5.41) is 0. The van der Waals surface area contributed by atoms with E-state index in [9.17, 15) is 12.3 Å². The largest absolute Gasteiger partial charge is 0.489 e. The van der Waals surface area contributed by atoms with Gasteiger partial charge in [-0.2, -0.15) is 8.42 Å². The van der Waals surface area contributed by atoms with Gasteiger partial charge in [-0.3, -0.25) is 0 Å². The third-order valence-corrected chi connectivity index (χ3v) is 2.92. The van der Waals surface area contributed by atoms with Gasteiger partial charge in [-0.25, -0.2) is 0 Å². The molecule has 0 radical (unpaired) electrons. The van der Waals surface area contributed by atoms with Gasteiger partial charge in [0, 0.05) is 12.0 Å². The van der Waals surface area contributed by atoms with Crippen LogP contribution in [0.2, 0.25) is 0 Å². The fourth-order valence-electron chi connectivity index (χ4n) is 1.55. The Morgan fingerprint density at radius 1 is 1.44 bits per heavy atom. The predicted molar refractivity (Wildman–Crippen MR) is 56.0 cm³/mol. The molecule has 0 aromatic heterocycles. The lowest BCUT2D eigenvalue weighted by Gasteiger charge is -2.08. The summed E-state index contributed by atoms with van der Waals surface area (Å²) < 4.78 is 43.3. The minimum atomic E-state index is -4.47. The summed E-state index contributed by atoms with van der Waals surface area (Å²) in [7, 11) is -4.47. The van der Waals surface area contributed by atoms with Crippen molar-refractivity contribution < 1.29 is 21.8 Å². The topological polar surface area (TPSA) is 52.6 Å². The number of para-hydroxylation sites is 1. The molecule has 1 aromatic rings. The van der Waals surface area contributed by atoms with E-state index in [4.69, 9.17) is 9.47 Å². The number of hydrogen-bond acceptors (Lipinski definition) is 4.